The van der Waals surface area contributed by atoms with Gasteiger partial charge in [-0.05, 0) is 55.5 Å². The quantitative estimate of drug-likeness (QED) is 0.252. The normalized spacial score (nSPS) is 15.2. The van der Waals surface area contributed by atoms with Crippen molar-refractivity contribution in [3.63, 3.8) is 0 Å². The minimum Gasteiger partial charge on any atom is -0.506 e. The zero-order valence-electron chi connectivity index (χ0n) is 21.9. The zero-order valence-corrected chi connectivity index (χ0v) is 22.7. The van der Waals surface area contributed by atoms with Crippen LogP contribution in [0.3, 0.4) is 0 Å². The number of methoxy groups -OCH3 is 1. The first-order valence-corrected chi connectivity index (χ1v) is 13.4. The number of aliphatic imine (C=N–C) groups is 1. The van der Waals surface area contributed by atoms with Crippen LogP contribution in [0.25, 0.3) is 17.0 Å². The third kappa shape index (κ3) is 5.81. The number of carbonyl (C=O) groups is 2. The summed E-state index contributed by atoms with van der Waals surface area (Å²) < 4.78 is 17.5. The molecule has 0 bridgehead atoms. The number of nitrogens with zero attached hydrogens (tertiary/aromatic N) is 2. The SMILES string of the molecule is CCOC(=O)C1=C(O)C(=Cc2cn(CC(=O)NCc3ccco3)c3ccccc23)SC1=Nc1ccc(OC)cc1. The molecule has 1 aliphatic rings. The average molecular weight is 558 g/mol. The van der Waals surface area contributed by atoms with Crippen LogP contribution in [0.1, 0.15) is 18.2 Å². The van der Waals surface area contributed by atoms with Crippen molar-refractivity contribution in [3.8, 4) is 5.75 Å². The molecule has 0 unspecified atom stereocenters. The fourth-order valence-corrected chi connectivity index (χ4v) is 5.26. The van der Waals surface area contributed by atoms with Crippen molar-refractivity contribution in [1.29, 1.82) is 0 Å². The van der Waals surface area contributed by atoms with Gasteiger partial charge in [-0.1, -0.05) is 30.0 Å². The van der Waals surface area contributed by atoms with Gasteiger partial charge >= 0.3 is 5.97 Å². The molecule has 0 atom stereocenters. The van der Waals surface area contributed by atoms with Crippen molar-refractivity contribution in [2.75, 3.05) is 13.7 Å². The largest absolute Gasteiger partial charge is 0.506 e. The van der Waals surface area contributed by atoms with Gasteiger partial charge in [0.2, 0.25) is 5.91 Å². The van der Waals surface area contributed by atoms with Crippen LogP contribution in [0.2, 0.25) is 0 Å². The highest BCUT2D eigenvalue weighted by molar-refractivity contribution is 8.18. The molecule has 3 heterocycles. The van der Waals surface area contributed by atoms with Gasteiger partial charge in [-0.15, -0.1) is 0 Å². The van der Waals surface area contributed by atoms with E-state index in [0.29, 0.717) is 33.7 Å². The number of nitrogens with one attached hydrogen (secondary N) is 1. The first-order chi connectivity index (χ1) is 19.5. The van der Waals surface area contributed by atoms with Gasteiger partial charge < -0.3 is 28.9 Å². The van der Waals surface area contributed by atoms with Gasteiger partial charge in [0, 0.05) is 22.7 Å². The number of rotatable bonds is 9. The minimum atomic E-state index is -0.654. The van der Waals surface area contributed by atoms with E-state index in [1.807, 2.05) is 35.0 Å². The van der Waals surface area contributed by atoms with E-state index in [-0.39, 0.29) is 30.4 Å². The van der Waals surface area contributed by atoms with Crippen LogP contribution in [0.15, 0.2) is 98.8 Å². The maximum Gasteiger partial charge on any atom is 0.344 e. The zero-order chi connectivity index (χ0) is 28.1. The van der Waals surface area contributed by atoms with Gasteiger partial charge in [0.15, 0.2) is 0 Å². The van der Waals surface area contributed by atoms with Crippen molar-refractivity contribution >= 4 is 51.3 Å². The average Bonchev–Trinajstić information content (AvgIpc) is 3.67. The van der Waals surface area contributed by atoms with Gasteiger partial charge in [0.25, 0.3) is 0 Å². The van der Waals surface area contributed by atoms with Gasteiger partial charge in [0.1, 0.15) is 34.4 Å². The van der Waals surface area contributed by atoms with Crippen molar-refractivity contribution in [2.45, 2.75) is 20.0 Å². The van der Waals surface area contributed by atoms with E-state index in [1.54, 1.807) is 62.8 Å². The second-order valence-corrected chi connectivity index (χ2v) is 9.79. The van der Waals surface area contributed by atoms with Crippen LogP contribution in [-0.4, -0.2) is 40.3 Å². The predicted octanol–water partition coefficient (Wildman–Crippen LogP) is 5.75. The molecule has 2 aromatic carbocycles. The molecule has 5 rings (SSSR count). The number of ether oxygens (including phenoxy) is 2. The lowest BCUT2D eigenvalue weighted by Gasteiger charge is -2.06. The highest BCUT2D eigenvalue weighted by atomic mass is 32.2. The third-order valence-corrected chi connectivity index (χ3v) is 7.15. The Morgan fingerprint density at radius 2 is 1.93 bits per heavy atom. The molecule has 40 heavy (non-hydrogen) atoms. The first-order valence-electron chi connectivity index (χ1n) is 12.6. The number of esters is 1. The van der Waals surface area contributed by atoms with Gasteiger partial charge in [-0.3, -0.25) is 4.79 Å². The minimum absolute atomic E-state index is 0.00922. The molecule has 0 spiro atoms. The van der Waals surface area contributed by atoms with Crippen molar-refractivity contribution in [2.24, 2.45) is 4.99 Å². The number of hydrogen-bond acceptors (Lipinski definition) is 8. The second-order valence-electron chi connectivity index (χ2n) is 8.76. The van der Waals surface area contributed by atoms with Gasteiger partial charge in [-0.2, -0.15) is 0 Å². The van der Waals surface area contributed by atoms with Crippen LogP contribution in [0, 0.1) is 0 Å². The molecule has 0 saturated carbocycles. The molecule has 2 aromatic heterocycles. The number of aliphatic hydroxyl groups is 1. The van der Waals surface area contributed by atoms with E-state index < -0.39 is 5.97 Å². The molecule has 0 saturated heterocycles. The van der Waals surface area contributed by atoms with E-state index in [0.717, 1.165) is 16.5 Å². The van der Waals surface area contributed by atoms with E-state index in [4.69, 9.17) is 13.9 Å². The predicted molar refractivity (Wildman–Crippen MR) is 154 cm³/mol. The number of aromatic nitrogens is 1. The number of amides is 1. The molecular formula is C30H27N3O6S. The number of para-hydroxylation sites is 1. The first kappa shape index (κ1) is 26.9. The molecule has 0 aliphatic carbocycles. The molecule has 10 heteroatoms. The third-order valence-electron chi connectivity index (χ3n) is 6.13. The summed E-state index contributed by atoms with van der Waals surface area (Å²) in [4.78, 5) is 30.5. The number of aliphatic hydroxyl groups excluding tert-OH is 1. The number of hydrogen-bond donors (Lipinski definition) is 2. The van der Waals surface area contributed by atoms with Crippen LogP contribution in [0.4, 0.5) is 5.69 Å². The molecule has 0 radical (unpaired) electrons. The molecule has 1 amide bonds. The van der Waals surface area contributed by atoms with Crippen molar-refractivity contribution < 1.29 is 28.6 Å². The molecular weight excluding hydrogens is 530 g/mol. The fourth-order valence-electron chi connectivity index (χ4n) is 4.24. The Balaban J connectivity index is 1.47. The Morgan fingerprint density at radius 3 is 2.65 bits per heavy atom. The van der Waals surface area contributed by atoms with E-state index in [9.17, 15) is 14.7 Å². The fraction of sp³-hybridized carbons (Fsp3) is 0.167. The molecule has 2 N–H and O–H groups in total. The highest BCUT2D eigenvalue weighted by Crippen LogP contribution is 2.41. The number of benzene rings is 2. The maximum absolute atomic E-state index is 12.8. The summed E-state index contributed by atoms with van der Waals surface area (Å²) in [5, 5.41) is 15.2. The Labute approximate surface area is 234 Å². The lowest BCUT2D eigenvalue weighted by Crippen LogP contribution is -2.26. The van der Waals surface area contributed by atoms with Gasteiger partial charge in [-0.25, -0.2) is 9.79 Å². The lowest BCUT2D eigenvalue weighted by atomic mass is 10.1. The van der Waals surface area contributed by atoms with E-state index >= 15 is 0 Å². The Hall–Kier alpha value is -4.70. The molecule has 0 fully saturated rings. The number of thioether (sulfide) groups is 1. The van der Waals surface area contributed by atoms with Crippen LogP contribution in [-0.2, 0) is 27.4 Å². The summed E-state index contributed by atoms with van der Waals surface area (Å²) in [6.45, 7) is 2.25. The molecule has 1 aliphatic heterocycles. The van der Waals surface area contributed by atoms with E-state index in [2.05, 4.69) is 10.3 Å². The standard InChI is InChI=1S/C30H27N3O6S/c1-3-38-30(36)27-28(35)25(40-29(27)32-20-10-12-21(37-2)13-11-20)15-19-17-33(24-9-5-4-8-23(19)24)18-26(34)31-16-22-7-6-14-39-22/h4-15,17,35H,3,16,18H2,1-2H3,(H,31,34). The number of furan rings is 1. The monoisotopic (exact) mass is 557 g/mol. The highest BCUT2D eigenvalue weighted by Gasteiger charge is 2.33. The van der Waals surface area contributed by atoms with Crippen LogP contribution in [0.5, 0.6) is 5.75 Å². The molecule has 204 valence electrons. The summed E-state index contributed by atoms with van der Waals surface area (Å²) in [6, 6.07) is 18.3. The number of carbonyl (C=O) groups excluding carboxylic acids is 2. The Bertz CT molecular complexity index is 1630. The Kier molecular flexibility index (Phi) is 8.07. The summed E-state index contributed by atoms with van der Waals surface area (Å²) >= 11 is 1.17. The Morgan fingerprint density at radius 1 is 1.12 bits per heavy atom. The molecule has 9 nitrogen and oxygen atoms in total. The van der Waals surface area contributed by atoms with Crippen LogP contribution < -0.4 is 10.1 Å². The summed E-state index contributed by atoms with van der Waals surface area (Å²) in [5.41, 5.74) is 2.23. The lowest BCUT2D eigenvalue weighted by molar-refractivity contribution is -0.138. The van der Waals surface area contributed by atoms with Crippen molar-refractivity contribution in [3.05, 3.63) is 101 Å². The summed E-state index contributed by atoms with van der Waals surface area (Å²) in [5.74, 6) is 0.315. The number of fused-ring (bicyclic) bond motifs is 1. The van der Waals surface area contributed by atoms with E-state index in [1.165, 1.54) is 11.8 Å². The summed E-state index contributed by atoms with van der Waals surface area (Å²) in [6.07, 6.45) is 5.20. The second kappa shape index (κ2) is 12.0. The molecule has 4 aromatic rings. The van der Waals surface area contributed by atoms with Gasteiger partial charge in [0.05, 0.1) is 37.1 Å². The smallest absolute Gasteiger partial charge is 0.344 e. The van der Waals surface area contributed by atoms with Crippen molar-refractivity contribution in [1.82, 2.24) is 9.88 Å². The topological polar surface area (TPSA) is 115 Å². The summed E-state index contributed by atoms with van der Waals surface area (Å²) in [7, 11) is 1.58. The van der Waals surface area contributed by atoms with Crippen LogP contribution >= 0.6 is 11.8 Å². The maximum atomic E-state index is 12.8.